The van der Waals surface area contributed by atoms with Gasteiger partial charge in [-0.05, 0) is 79.6 Å². The van der Waals surface area contributed by atoms with E-state index in [1.165, 1.54) is 33.6 Å². The van der Waals surface area contributed by atoms with Crippen LogP contribution in [0.25, 0.3) is 11.3 Å². The fourth-order valence-electron chi connectivity index (χ4n) is 5.27. The molecule has 4 heteroatoms. The summed E-state index contributed by atoms with van der Waals surface area (Å²) in [6.07, 6.45) is 1.84. The second-order valence-corrected chi connectivity index (χ2v) is 10.7. The highest BCUT2D eigenvalue weighted by Crippen LogP contribution is 2.52. The van der Waals surface area contributed by atoms with Crippen LogP contribution in [-0.4, -0.2) is 17.9 Å². The lowest BCUT2D eigenvalue weighted by atomic mass is 9.72. The van der Waals surface area contributed by atoms with E-state index in [4.69, 9.17) is 5.73 Å². The third-order valence-electron chi connectivity index (χ3n) is 7.54. The topological polar surface area (TPSA) is 54.5 Å². The SMILES string of the molecule is CC.CN=C(N)c1ccc(N2c3ccc(C)cc3C(C)(C)c3cc(-c4ccccn4)ccc32)cc1.Cc1ccccc1. The first-order valence-electron chi connectivity index (χ1n) is 14.6. The van der Waals surface area contributed by atoms with Crippen molar-refractivity contribution in [3.05, 3.63) is 143 Å². The van der Waals surface area contributed by atoms with Crippen molar-refractivity contribution in [3.8, 4) is 11.3 Å². The van der Waals surface area contributed by atoms with Crippen molar-refractivity contribution in [1.29, 1.82) is 0 Å². The van der Waals surface area contributed by atoms with Crippen molar-refractivity contribution < 1.29 is 0 Å². The molecule has 2 heterocycles. The van der Waals surface area contributed by atoms with Crippen molar-refractivity contribution in [2.24, 2.45) is 10.7 Å². The maximum Gasteiger partial charge on any atom is 0.125 e. The van der Waals surface area contributed by atoms with Gasteiger partial charge in [0.25, 0.3) is 0 Å². The number of hydrogen-bond donors (Lipinski definition) is 1. The van der Waals surface area contributed by atoms with Crippen molar-refractivity contribution in [3.63, 3.8) is 0 Å². The third kappa shape index (κ3) is 6.28. The van der Waals surface area contributed by atoms with Crippen molar-refractivity contribution >= 4 is 22.9 Å². The van der Waals surface area contributed by atoms with Crippen LogP contribution in [0.4, 0.5) is 17.1 Å². The van der Waals surface area contributed by atoms with Crippen LogP contribution in [0.2, 0.25) is 0 Å². The highest BCUT2D eigenvalue weighted by Gasteiger charge is 2.37. The Balaban J connectivity index is 0.000000390. The highest BCUT2D eigenvalue weighted by atomic mass is 15.2. The number of anilines is 3. The number of amidine groups is 1. The minimum Gasteiger partial charge on any atom is -0.384 e. The Hall–Kier alpha value is -4.70. The summed E-state index contributed by atoms with van der Waals surface area (Å²) < 4.78 is 0. The van der Waals surface area contributed by atoms with Crippen LogP contribution in [0.1, 0.15) is 55.5 Å². The molecule has 2 N–H and O–H groups in total. The van der Waals surface area contributed by atoms with Crippen molar-refractivity contribution in [1.82, 2.24) is 4.98 Å². The number of aryl methyl sites for hydroxylation is 2. The van der Waals surface area contributed by atoms with Gasteiger partial charge in [-0.3, -0.25) is 9.98 Å². The zero-order valence-corrected chi connectivity index (χ0v) is 25.9. The maximum absolute atomic E-state index is 6.03. The van der Waals surface area contributed by atoms with Gasteiger partial charge in [0.1, 0.15) is 5.84 Å². The Morgan fingerprint density at radius 3 is 1.90 bits per heavy atom. The number of nitrogens with two attached hydrogens (primary N) is 1. The molecule has 214 valence electrons. The van der Waals surface area contributed by atoms with Gasteiger partial charge in [-0.15, -0.1) is 0 Å². The lowest BCUT2D eigenvalue weighted by Crippen LogP contribution is -2.30. The molecule has 0 amide bonds. The van der Waals surface area contributed by atoms with Crippen LogP contribution in [0.3, 0.4) is 0 Å². The van der Waals surface area contributed by atoms with Gasteiger partial charge in [-0.1, -0.05) is 93.4 Å². The largest absolute Gasteiger partial charge is 0.384 e. The van der Waals surface area contributed by atoms with Gasteiger partial charge in [0.15, 0.2) is 0 Å². The maximum atomic E-state index is 6.03. The molecule has 0 atom stereocenters. The zero-order chi connectivity index (χ0) is 30.3. The first-order chi connectivity index (χ1) is 20.3. The normalized spacial score (nSPS) is 13.0. The predicted molar refractivity (Wildman–Crippen MR) is 180 cm³/mol. The number of hydrogen-bond acceptors (Lipinski definition) is 3. The van der Waals surface area contributed by atoms with Crippen molar-refractivity contribution in [2.75, 3.05) is 11.9 Å². The summed E-state index contributed by atoms with van der Waals surface area (Å²) in [5.41, 5.74) is 17.6. The molecule has 42 heavy (non-hydrogen) atoms. The van der Waals surface area contributed by atoms with E-state index in [1.807, 2.05) is 62.5 Å². The van der Waals surface area contributed by atoms with Crippen LogP contribution in [-0.2, 0) is 5.41 Å². The van der Waals surface area contributed by atoms with E-state index in [2.05, 4.69) is 109 Å². The second-order valence-electron chi connectivity index (χ2n) is 10.7. The molecule has 6 rings (SSSR count). The average Bonchev–Trinajstić information content (AvgIpc) is 3.03. The lowest BCUT2D eigenvalue weighted by molar-refractivity contribution is 0.631. The van der Waals surface area contributed by atoms with Crippen LogP contribution < -0.4 is 10.6 Å². The van der Waals surface area contributed by atoms with Crippen LogP contribution in [0.5, 0.6) is 0 Å². The lowest BCUT2D eigenvalue weighted by Gasteiger charge is -2.42. The summed E-state index contributed by atoms with van der Waals surface area (Å²) in [4.78, 5) is 11.0. The molecule has 1 aromatic heterocycles. The second kappa shape index (κ2) is 13.3. The Bertz CT molecular complexity index is 1640. The van der Waals surface area contributed by atoms with E-state index in [-0.39, 0.29) is 5.41 Å². The number of nitrogens with zero attached hydrogens (tertiary/aromatic N) is 3. The molecule has 4 aromatic carbocycles. The quantitative estimate of drug-likeness (QED) is 0.178. The fraction of sp³-hybridized carbons (Fsp3) is 0.211. The Kier molecular flexibility index (Phi) is 9.59. The number of rotatable bonds is 3. The third-order valence-corrected chi connectivity index (χ3v) is 7.54. The van der Waals surface area contributed by atoms with E-state index in [0.29, 0.717) is 5.84 Å². The summed E-state index contributed by atoms with van der Waals surface area (Å²) in [5, 5.41) is 0. The molecule has 1 aliphatic rings. The van der Waals surface area contributed by atoms with E-state index in [1.54, 1.807) is 7.05 Å². The fourth-order valence-corrected chi connectivity index (χ4v) is 5.27. The van der Waals surface area contributed by atoms with Gasteiger partial charge in [0.2, 0.25) is 0 Å². The van der Waals surface area contributed by atoms with E-state index in [9.17, 15) is 0 Å². The summed E-state index contributed by atoms with van der Waals surface area (Å²) in [6.45, 7) is 12.9. The first kappa shape index (κ1) is 30.3. The van der Waals surface area contributed by atoms with Gasteiger partial charge in [0.05, 0.1) is 17.1 Å². The van der Waals surface area contributed by atoms with Crippen LogP contribution in [0.15, 0.2) is 120 Å². The summed E-state index contributed by atoms with van der Waals surface area (Å²) in [7, 11) is 1.71. The van der Waals surface area contributed by atoms with E-state index in [0.717, 1.165) is 22.5 Å². The number of pyridine rings is 1. The van der Waals surface area contributed by atoms with Gasteiger partial charge in [0, 0.05) is 35.5 Å². The molecule has 0 unspecified atom stereocenters. The molecule has 0 radical (unpaired) electrons. The molecule has 0 saturated heterocycles. The summed E-state index contributed by atoms with van der Waals surface area (Å²) >= 11 is 0. The number of fused-ring (bicyclic) bond motifs is 2. The summed E-state index contributed by atoms with van der Waals surface area (Å²) in [5.74, 6) is 0.540. The number of aromatic nitrogens is 1. The minimum atomic E-state index is -0.156. The molecular formula is C38H42N4. The Morgan fingerprint density at radius 1 is 0.714 bits per heavy atom. The molecule has 1 aliphatic heterocycles. The monoisotopic (exact) mass is 554 g/mol. The molecule has 5 aromatic rings. The van der Waals surface area contributed by atoms with Gasteiger partial charge >= 0.3 is 0 Å². The van der Waals surface area contributed by atoms with E-state index >= 15 is 0 Å². The standard InChI is InChI=1S/C29H28N4.C7H8.C2H6/c1-19-8-14-26-23(17-19)29(2,3)24-18-21(25-7-5-6-16-32-25)11-15-27(24)33(26)22-12-9-20(10-13-22)28(30)31-4;1-7-5-3-2-4-6-7;1-2/h5-18H,1-4H3,(H2,30,31);2-6H,1H3;1-2H3. The van der Waals surface area contributed by atoms with Gasteiger partial charge in [-0.25, -0.2) is 0 Å². The molecule has 0 fully saturated rings. The molecule has 4 nitrogen and oxygen atoms in total. The first-order valence-corrected chi connectivity index (χ1v) is 14.6. The highest BCUT2D eigenvalue weighted by molar-refractivity contribution is 5.98. The smallest absolute Gasteiger partial charge is 0.125 e. The Labute approximate surface area is 251 Å². The van der Waals surface area contributed by atoms with Crippen molar-refractivity contribution in [2.45, 2.75) is 47.0 Å². The minimum absolute atomic E-state index is 0.156. The molecule has 0 aliphatic carbocycles. The zero-order valence-electron chi connectivity index (χ0n) is 25.9. The molecular weight excluding hydrogens is 512 g/mol. The van der Waals surface area contributed by atoms with Crippen LogP contribution >= 0.6 is 0 Å². The van der Waals surface area contributed by atoms with E-state index < -0.39 is 0 Å². The Morgan fingerprint density at radius 2 is 1.33 bits per heavy atom. The molecule has 0 saturated carbocycles. The predicted octanol–water partition coefficient (Wildman–Crippen LogP) is 9.52. The average molecular weight is 555 g/mol. The molecule has 0 spiro atoms. The molecule has 0 bridgehead atoms. The van der Waals surface area contributed by atoms with Gasteiger partial charge in [-0.2, -0.15) is 0 Å². The van der Waals surface area contributed by atoms with Crippen LogP contribution in [0, 0.1) is 13.8 Å². The summed E-state index contributed by atoms with van der Waals surface area (Å²) in [6, 6.07) is 38.0. The van der Waals surface area contributed by atoms with Gasteiger partial charge < -0.3 is 10.6 Å². The number of benzene rings is 4. The number of aliphatic imine (C=N–C) groups is 1.